The molecule has 1 N–H and O–H groups in total. The van der Waals surface area contributed by atoms with Gasteiger partial charge in [0.1, 0.15) is 5.75 Å². The van der Waals surface area contributed by atoms with Crippen molar-refractivity contribution < 1.29 is 20.2 Å². The van der Waals surface area contributed by atoms with Gasteiger partial charge in [0.2, 0.25) is 11.5 Å². The molecule has 6 nitrogen and oxygen atoms in total. The van der Waals surface area contributed by atoms with Crippen LogP contribution in [0.25, 0.3) is 27.7 Å². The van der Waals surface area contributed by atoms with Gasteiger partial charge in [-0.1, -0.05) is 30.2 Å². The van der Waals surface area contributed by atoms with Crippen LogP contribution in [0.4, 0.5) is 5.69 Å². The first-order valence-corrected chi connectivity index (χ1v) is 9.75. The minimum atomic E-state index is -1.96. The highest BCUT2D eigenvalue weighted by Gasteiger charge is 2.26. The van der Waals surface area contributed by atoms with E-state index in [9.17, 15) is 0 Å². The summed E-state index contributed by atoms with van der Waals surface area (Å²) in [6, 6.07) is -2.96. The lowest BCUT2D eigenvalue weighted by atomic mass is 10.0. The summed E-state index contributed by atoms with van der Waals surface area (Å²) >= 11 is 0. The monoisotopic (exact) mass is 410 g/mol. The van der Waals surface area contributed by atoms with Crippen LogP contribution in [0.15, 0.2) is 40.8 Å². The normalized spacial score (nSPS) is 20.7. The van der Waals surface area contributed by atoms with E-state index in [2.05, 4.69) is 20.3 Å². The van der Waals surface area contributed by atoms with E-state index in [1.807, 2.05) is 6.92 Å². The summed E-state index contributed by atoms with van der Waals surface area (Å²) < 4.78 is 78.9. The molecule has 1 aliphatic rings. The van der Waals surface area contributed by atoms with Gasteiger partial charge in [0.25, 0.3) is 5.89 Å². The summed E-state index contributed by atoms with van der Waals surface area (Å²) in [5.74, 6) is -0.797. The number of fused-ring (bicyclic) bond motifs is 1. The molecule has 0 saturated carbocycles. The highest BCUT2D eigenvalue weighted by molar-refractivity contribution is 5.70. The van der Waals surface area contributed by atoms with E-state index in [1.165, 1.54) is 0 Å². The number of nitrogens with one attached hydrogen (secondary N) is 1. The van der Waals surface area contributed by atoms with Crippen molar-refractivity contribution in [3.05, 3.63) is 58.8 Å². The number of aromatic nitrogens is 2. The number of hydrogen-bond acceptors (Lipinski definition) is 5. The van der Waals surface area contributed by atoms with Crippen LogP contribution in [0.5, 0.6) is 5.75 Å². The Hall–Kier alpha value is -3.17. The molecule has 30 heavy (non-hydrogen) atoms. The van der Waals surface area contributed by atoms with Crippen LogP contribution >= 0.6 is 0 Å². The molecule has 1 atom stereocenters. The first-order valence-electron chi connectivity index (χ1n) is 13.7. The molecule has 1 aliphatic carbocycles. The molecule has 0 radical (unpaired) electrons. The molecule has 1 aromatic heterocycles. The molecule has 6 heteroatoms. The van der Waals surface area contributed by atoms with Crippen molar-refractivity contribution in [3.63, 3.8) is 0 Å². The zero-order chi connectivity index (χ0) is 28.1. The molecule has 0 fully saturated rings. The number of benzene rings is 2. The Morgan fingerprint density at radius 2 is 2.27 bits per heavy atom. The molecule has 3 aromatic rings. The maximum atomic E-state index is 8.67. The van der Waals surface area contributed by atoms with Crippen LogP contribution in [0.1, 0.15) is 61.7 Å². The molecule has 2 aromatic carbocycles. The second-order valence-corrected chi connectivity index (χ2v) is 7.06. The third-order valence-corrected chi connectivity index (χ3v) is 4.46. The fourth-order valence-electron chi connectivity index (χ4n) is 3.15. The minimum Gasteiger partial charge on any atom is -0.502 e. The molecule has 0 unspecified atom stereocenters. The van der Waals surface area contributed by atoms with E-state index in [0.29, 0.717) is 6.54 Å². The van der Waals surface area contributed by atoms with E-state index >= 15 is 0 Å². The Kier molecular flexibility index (Phi) is 3.62. The van der Waals surface area contributed by atoms with Crippen molar-refractivity contribution in [3.8, 4) is 28.6 Å². The Labute approximate surface area is 188 Å². The van der Waals surface area contributed by atoms with Crippen molar-refractivity contribution in [1.82, 2.24) is 15.5 Å². The molecule has 0 amide bonds. The quantitative estimate of drug-likeness (QED) is 0.504. The summed E-state index contributed by atoms with van der Waals surface area (Å²) in [5.41, 5.74) is -0.356. The average Bonchev–Trinajstić information content (AvgIpc) is 3.42. The highest BCUT2D eigenvalue weighted by atomic mass is 16.5. The largest absolute Gasteiger partial charge is 0.502 e. The second-order valence-electron chi connectivity index (χ2n) is 7.06. The third-order valence-electron chi connectivity index (χ3n) is 4.46. The highest BCUT2D eigenvalue weighted by Crippen LogP contribution is 2.38. The SMILES string of the molecule is [2H]c1c([2H])c(-c2noc(-c3c([2H])c([2H])c(OC(C)C)c([N+]#[C-])c3[2H])n2)c2c(c1[2H])[C@@H](NCCC)CC2([2H])[2H]. The van der Waals surface area contributed by atoms with Gasteiger partial charge >= 0.3 is 0 Å². The van der Waals surface area contributed by atoms with Gasteiger partial charge in [-0.2, -0.15) is 4.98 Å². The summed E-state index contributed by atoms with van der Waals surface area (Å²) in [4.78, 5) is 7.57. The van der Waals surface area contributed by atoms with E-state index in [1.54, 1.807) is 13.8 Å². The first-order chi connectivity index (χ1) is 17.8. The lowest BCUT2D eigenvalue weighted by molar-refractivity contribution is 0.244. The Bertz CT molecular complexity index is 1470. The van der Waals surface area contributed by atoms with Crippen LogP contribution in [0.3, 0.4) is 0 Å². The average molecular weight is 411 g/mol. The van der Waals surface area contributed by atoms with Crippen molar-refractivity contribution in [2.45, 2.75) is 52.1 Å². The van der Waals surface area contributed by atoms with Crippen LogP contribution in [-0.4, -0.2) is 22.8 Å². The third kappa shape index (κ3) is 3.94. The van der Waals surface area contributed by atoms with Crippen molar-refractivity contribution in [2.75, 3.05) is 6.54 Å². The molecule has 0 saturated heterocycles. The van der Waals surface area contributed by atoms with E-state index in [-0.39, 0.29) is 57.9 Å². The fourth-order valence-corrected chi connectivity index (χ4v) is 3.15. The predicted molar refractivity (Wildman–Crippen MR) is 117 cm³/mol. The molecule has 154 valence electrons. The fraction of sp³-hybridized carbons (Fsp3) is 0.375. The van der Waals surface area contributed by atoms with Crippen molar-refractivity contribution in [1.29, 1.82) is 0 Å². The molecule has 0 spiro atoms. The summed E-state index contributed by atoms with van der Waals surface area (Å²) in [5, 5.41) is 7.10. The maximum absolute atomic E-state index is 8.67. The van der Waals surface area contributed by atoms with Gasteiger partial charge in [0.05, 0.1) is 19.5 Å². The first kappa shape index (κ1) is 12.5. The van der Waals surface area contributed by atoms with Gasteiger partial charge in [0.15, 0.2) is 0 Å². The molecular formula is C24H26N4O2. The Morgan fingerprint density at radius 1 is 1.40 bits per heavy atom. The van der Waals surface area contributed by atoms with Crippen LogP contribution in [-0.2, 0) is 6.37 Å². The molecule has 0 bridgehead atoms. The van der Waals surface area contributed by atoms with Gasteiger partial charge in [0, 0.05) is 21.3 Å². The summed E-state index contributed by atoms with van der Waals surface area (Å²) in [6.07, 6.45) is -1.58. The van der Waals surface area contributed by atoms with Gasteiger partial charge in [-0.3, -0.25) is 0 Å². The van der Waals surface area contributed by atoms with Gasteiger partial charge in [-0.25, -0.2) is 4.85 Å². The van der Waals surface area contributed by atoms with Gasteiger partial charge in [-0.15, -0.1) is 0 Å². The van der Waals surface area contributed by atoms with Crippen LogP contribution in [0.2, 0.25) is 0 Å². The Morgan fingerprint density at radius 3 is 3.03 bits per heavy atom. The van der Waals surface area contributed by atoms with Crippen molar-refractivity contribution >= 4 is 5.69 Å². The summed E-state index contributed by atoms with van der Waals surface area (Å²) in [7, 11) is 0. The standard InChI is InChI=1S/C24H26N4O2/c1-5-13-26-20-11-10-17-18(20)7-6-8-19(17)23-27-24(30-28-23)16-9-12-22(29-15(2)3)21(14-16)25-4/h6-9,12,14-15,20,26H,5,10-11,13H2,1-3H3/t20-/m0/s1/i6D,7D,8D,9D,10D2,12D,14D. The maximum Gasteiger partial charge on any atom is 0.256 e. The molecule has 0 aliphatic heterocycles. The van der Waals surface area contributed by atoms with Crippen molar-refractivity contribution in [2.24, 2.45) is 0 Å². The zero-order valence-electron chi connectivity index (χ0n) is 24.9. The second kappa shape index (κ2) is 8.68. The summed E-state index contributed by atoms with van der Waals surface area (Å²) in [6.45, 7) is 13.4. The van der Waals surface area contributed by atoms with Gasteiger partial charge < -0.3 is 14.6 Å². The van der Waals surface area contributed by atoms with E-state index < -0.39 is 48.7 Å². The van der Waals surface area contributed by atoms with E-state index in [0.717, 1.165) is 6.42 Å². The lowest BCUT2D eigenvalue weighted by Crippen LogP contribution is -2.19. The molecular weight excluding hydrogens is 376 g/mol. The number of rotatable bonds is 7. The lowest BCUT2D eigenvalue weighted by Gasteiger charge is -2.13. The zero-order valence-corrected chi connectivity index (χ0v) is 16.9. The van der Waals surface area contributed by atoms with Gasteiger partial charge in [-0.05, 0) is 68.9 Å². The minimum absolute atomic E-state index is 0.00354. The topological polar surface area (TPSA) is 64.5 Å². The van der Waals surface area contributed by atoms with Crippen LogP contribution in [0, 0.1) is 6.57 Å². The predicted octanol–water partition coefficient (Wildman–Crippen LogP) is 5.73. The number of ether oxygens (including phenoxy) is 1. The molecule has 1 heterocycles. The number of hydrogen-bond donors (Lipinski definition) is 1. The number of nitrogens with zero attached hydrogens (tertiary/aromatic N) is 3. The molecule has 4 rings (SSSR count). The smallest absolute Gasteiger partial charge is 0.256 e. The van der Waals surface area contributed by atoms with Crippen LogP contribution < -0.4 is 10.1 Å². The Balaban J connectivity index is 1.93. The van der Waals surface area contributed by atoms with E-state index in [4.69, 9.17) is 26.8 Å².